The van der Waals surface area contributed by atoms with E-state index in [4.69, 9.17) is 10.9 Å². The van der Waals surface area contributed by atoms with Crippen LogP contribution in [0.2, 0.25) is 0 Å². The summed E-state index contributed by atoms with van der Waals surface area (Å²) >= 11 is 1.94. The standard InChI is InChI=1S/C12H20N4OS/c1-2-18-8-4-6-14-9-10-5-3-7-15-11(10)12(13)16-17/h3,5,7,14,17H,2,4,6,8-9H2,1H3,(H2,13,16). The smallest absolute Gasteiger partial charge is 0.189 e. The van der Waals surface area contributed by atoms with Crippen LogP contribution in [0.5, 0.6) is 0 Å². The number of rotatable bonds is 8. The highest BCUT2D eigenvalue weighted by molar-refractivity contribution is 7.99. The van der Waals surface area contributed by atoms with E-state index in [9.17, 15) is 0 Å². The molecule has 0 atom stereocenters. The summed E-state index contributed by atoms with van der Waals surface area (Å²) in [5.74, 6) is 2.38. The molecule has 1 rings (SSSR count). The largest absolute Gasteiger partial charge is 0.409 e. The molecule has 4 N–H and O–H groups in total. The summed E-state index contributed by atoms with van der Waals surface area (Å²) in [5.41, 5.74) is 7.05. The van der Waals surface area contributed by atoms with Gasteiger partial charge in [-0.15, -0.1) is 0 Å². The van der Waals surface area contributed by atoms with E-state index in [1.807, 2.05) is 23.9 Å². The maximum Gasteiger partial charge on any atom is 0.189 e. The monoisotopic (exact) mass is 268 g/mol. The minimum Gasteiger partial charge on any atom is -0.409 e. The van der Waals surface area contributed by atoms with Gasteiger partial charge in [-0.25, -0.2) is 0 Å². The fourth-order valence-electron chi connectivity index (χ4n) is 1.53. The number of oxime groups is 1. The molecule has 0 spiro atoms. The molecular weight excluding hydrogens is 248 g/mol. The lowest BCUT2D eigenvalue weighted by Gasteiger charge is -2.08. The fourth-order valence-corrected chi connectivity index (χ4v) is 2.16. The van der Waals surface area contributed by atoms with Crippen molar-refractivity contribution >= 4 is 17.6 Å². The first-order chi connectivity index (χ1) is 8.79. The van der Waals surface area contributed by atoms with Gasteiger partial charge >= 0.3 is 0 Å². The lowest BCUT2D eigenvalue weighted by Crippen LogP contribution is -2.22. The van der Waals surface area contributed by atoms with Crippen LogP contribution in [0, 0.1) is 0 Å². The van der Waals surface area contributed by atoms with Crippen LogP contribution in [0.1, 0.15) is 24.6 Å². The SMILES string of the molecule is CCSCCCNCc1cccnc1/C(N)=N/O. The first-order valence-corrected chi connectivity index (χ1v) is 7.15. The number of nitrogens with one attached hydrogen (secondary N) is 1. The van der Waals surface area contributed by atoms with Gasteiger partial charge in [-0.3, -0.25) is 4.98 Å². The molecule has 1 aromatic rings. The van der Waals surface area contributed by atoms with Crippen molar-refractivity contribution in [2.24, 2.45) is 10.9 Å². The molecule has 100 valence electrons. The highest BCUT2D eigenvalue weighted by atomic mass is 32.2. The van der Waals surface area contributed by atoms with Gasteiger partial charge in [0.1, 0.15) is 5.69 Å². The molecule has 0 aliphatic carbocycles. The Bertz CT molecular complexity index is 384. The maximum atomic E-state index is 8.68. The topological polar surface area (TPSA) is 83.5 Å². The van der Waals surface area contributed by atoms with Gasteiger partial charge in [-0.05, 0) is 36.1 Å². The molecule has 0 aliphatic heterocycles. The molecule has 1 heterocycles. The molecule has 0 fully saturated rings. The molecule has 0 saturated heterocycles. The third-order valence-electron chi connectivity index (χ3n) is 2.40. The zero-order valence-corrected chi connectivity index (χ0v) is 11.4. The van der Waals surface area contributed by atoms with Gasteiger partial charge in [0.25, 0.3) is 0 Å². The third-order valence-corrected chi connectivity index (χ3v) is 3.39. The Labute approximate surface area is 112 Å². The van der Waals surface area contributed by atoms with Gasteiger partial charge in [0.2, 0.25) is 0 Å². The fraction of sp³-hybridized carbons (Fsp3) is 0.500. The van der Waals surface area contributed by atoms with Crippen LogP contribution in [0.15, 0.2) is 23.5 Å². The summed E-state index contributed by atoms with van der Waals surface area (Å²) < 4.78 is 0. The van der Waals surface area contributed by atoms with E-state index in [0.29, 0.717) is 12.2 Å². The average Bonchev–Trinajstić information content (AvgIpc) is 2.42. The summed E-state index contributed by atoms with van der Waals surface area (Å²) in [4.78, 5) is 4.12. The van der Waals surface area contributed by atoms with Gasteiger partial charge < -0.3 is 16.3 Å². The number of amidine groups is 1. The Kier molecular flexibility index (Phi) is 7.20. The highest BCUT2D eigenvalue weighted by Gasteiger charge is 2.07. The van der Waals surface area contributed by atoms with Crippen molar-refractivity contribution in [3.8, 4) is 0 Å². The molecule has 1 aromatic heterocycles. The van der Waals surface area contributed by atoms with Crippen LogP contribution in [0.25, 0.3) is 0 Å². The second kappa shape index (κ2) is 8.77. The highest BCUT2D eigenvalue weighted by Crippen LogP contribution is 2.05. The van der Waals surface area contributed by atoms with Crippen molar-refractivity contribution in [3.63, 3.8) is 0 Å². The zero-order chi connectivity index (χ0) is 13.2. The summed E-state index contributed by atoms with van der Waals surface area (Å²) in [6.45, 7) is 3.80. The molecule has 0 saturated carbocycles. The van der Waals surface area contributed by atoms with Crippen molar-refractivity contribution < 1.29 is 5.21 Å². The number of aromatic nitrogens is 1. The average molecular weight is 268 g/mol. The predicted octanol–water partition coefficient (Wildman–Crippen LogP) is 1.41. The van der Waals surface area contributed by atoms with Gasteiger partial charge in [0, 0.05) is 12.7 Å². The van der Waals surface area contributed by atoms with E-state index < -0.39 is 0 Å². The summed E-state index contributed by atoms with van der Waals surface area (Å²) in [6, 6.07) is 3.77. The lowest BCUT2D eigenvalue weighted by atomic mass is 10.2. The Morgan fingerprint density at radius 3 is 3.17 bits per heavy atom. The van der Waals surface area contributed by atoms with Gasteiger partial charge in [-0.2, -0.15) is 11.8 Å². The molecular formula is C12H20N4OS. The first kappa shape index (κ1) is 14.8. The Hall–Kier alpha value is -1.27. The van der Waals surface area contributed by atoms with Gasteiger partial charge in [-0.1, -0.05) is 18.1 Å². The van der Waals surface area contributed by atoms with Gasteiger partial charge in [0.15, 0.2) is 5.84 Å². The normalized spacial score (nSPS) is 11.7. The summed E-state index contributed by atoms with van der Waals surface area (Å²) in [7, 11) is 0. The molecule has 0 bridgehead atoms. The Morgan fingerprint density at radius 2 is 2.44 bits per heavy atom. The lowest BCUT2D eigenvalue weighted by molar-refractivity contribution is 0.318. The van der Waals surface area contributed by atoms with Crippen molar-refractivity contribution in [2.75, 3.05) is 18.1 Å². The number of pyridine rings is 1. The minimum absolute atomic E-state index is 0.0499. The second-order valence-corrected chi connectivity index (χ2v) is 5.12. The van der Waals surface area contributed by atoms with Crippen molar-refractivity contribution in [1.82, 2.24) is 10.3 Å². The second-order valence-electron chi connectivity index (χ2n) is 3.72. The number of thioether (sulfide) groups is 1. The van der Waals surface area contributed by atoms with E-state index >= 15 is 0 Å². The van der Waals surface area contributed by atoms with E-state index in [2.05, 4.69) is 22.4 Å². The number of nitrogens with zero attached hydrogens (tertiary/aromatic N) is 2. The van der Waals surface area contributed by atoms with Gasteiger partial charge in [0.05, 0.1) is 0 Å². The van der Waals surface area contributed by atoms with Crippen LogP contribution in [0.3, 0.4) is 0 Å². The van der Waals surface area contributed by atoms with Crippen LogP contribution in [-0.2, 0) is 6.54 Å². The van der Waals surface area contributed by atoms with Crippen molar-refractivity contribution in [1.29, 1.82) is 0 Å². The third kappa shape index (κ3) is 4.93. The quantitative estimate of drug-likeness (QED) is 0.218. The first-order valence-electron chi connectivity index (χ1n) is 5.99. The molecule has 0 aliphatic rings. The van der Waals surface area contributed by atoms with Crippen LogP contribution < -0.4 is 11.1 Å². The molecule has 0 unspecified atom stereocenters. The maximum absolute atomic E-state index is 8.68. The van der Waals surface area contributed by atoms with E-state index in [0.717, 1.165) is 24.3 Å². The van der Waals surface area contributed by atoms with Crippen LogP contribution >= 0.6 is 11.8 Å². The molecule has 0 aromatic carbocycles. The molecule has 0 radical (unpaired) electrons. The van der Waals surface area contributed by atoms with E-state index in [1.165, 1.54) is 5.75 Å². The summed E-state index contributed by atoms with van der Waals surface area (Å²) in [6.07, 6.45) is 2.77. The number of hydrogen-bond donors (Lipinski definition) is 3. The van der Waals surface area contributed by atoms with Crippen LogP contribution in [-0.4, -0.2) is 34.1 Å². The molecule has 6 heteroatoms. The van der Waals surface area contributed by atoms with E-state index in [1.54, 1.807) is 6.20 Å². The van der Waals surface area contributed by atoms with Crippen LogP contribution in [0.4, 0.5) is 0 Å². The van der Waals surface area contributed by atoms with Crippen molar-refractivity contribution in [3.05, 3.63) is 29.6 Å². The number of hydrogen-bond acceptors (Lipinski definition) is 5. The Balaban J connectivity index is 2.42. The van der Waals surface area contributed by atoms with Crippen molar-refractivity contribution in [2.45, 2.75) is 19.9 Å². The molecule has 18 heavy (non-hydrogen) atoms. The molecule has 0 amide bonds. The minimum atomic E-state index is 0.0499. The van der Waals surface area contributed by atoms with E-state index in [-0.39, 0.29) is 5.84 Å². The number of nitrogens with two attached hydrogens (primary N) is 1. The summed E-state index contributed by atoms with van der Waals surface area (Å²) in [5, 5.41) is 15.0. The Morgan fingerprint density at radius 1 is 1.61 bits per heavy atom. The molecule has 5 nitrogen and oxygen atoms in total. The predicted molar refractivity (Wildman–Crippen MR) is 76.1 cm³/mol. The zero-order valence-electron chi connectivity index (χ0n) is 10.6.